The second-order valence-electron chi connectivity index (χ2n) is 3.42. The third-order valence-corrected chi connectivity index (χ3v) is 1.62. The van der Waals surface area contributed by atoms with E-state index in [2.05, 4.69) is 30.4 Å². The zero-order valence-electron chi connectivity index (χ0n) is 8.00. The largest absolute Gasteiger partial charge is 0.307 e. The van der Waals surface area contributed by atoms with E-state index < -0.39 is 0 Å². The molecular formula is C10H14N2O. The smallest absolute Gasteiger partial charge is 0.251 e. The first-order valence-electron chi connectivity index (χ1n) is 4.34. The fraction of sp³-hybridized carbons (Fsp3) is 0.400. The van der Waals surface area contributed by atoms with Gasteiger partial charge in [0, 0.05) is 11.8 Å². The molecule has 70 valence electrons. The van der Waals surface area contributed by atoms with Gasteiger partial charge < -0.3 is 4.98 Å². The summed E-state index contributed by atoms with van der Waals surface area (Å²) in [4.78, 5) is 17.9. The molecule has 1 N–H and O–H groups in total. The Morgan fingerprint density at radius 1 is 1.69 bits per heavy atom. The standard InChI is InChI=1S/C10H14N2O/c1-4-9-11-8(5-7(2)3)6-10(13)12-9/h4,6-7H,1,5H2,2-3H3,(H,11,12,13). The number of aromatic nitrogens is 2. The van der Waals surface area contributed by atoms with Crippen molar-refractivity contribution >= 4 is 6.08 Å². The van der Waals surface area contributed by atoms with Crippen LogP contribution in [-0.2, 0) is 6.42 Å². The van der Waals surface area contributed by atoms with Crippen LogP contribution in [0.3, 0.4) is 0 Å². The summed E-state index contributed by atoms with van der Waals surface area (Å²) in [5, 5.41) is 0. The highest BCUT2D eigenvalue weighted by atomic mass is 16.1. The Hall–Kier alpha value is -1.38. The van der Waals surface area contributed by atoms with Crippen molar-refractivity contribution in [2.24, 2.45) is 5.92 Å². The molecule has 13 heavy (non-hydrogen) atoms. The lowest BCUT2D eigenvalue weighted by molar-refractivity contribution is 0.632. The summed E-state index contributed by atoms with van der Waals surface area (Å²) in [6.07, 6.45) is 2.37. The molecular weight excluding hydrogens is 164 g/mol. The maximum absolute atomic E-state index is 11.1. The van der Waals surface area contributed by atoms with E-state index in [9.17, 15) is 4.79 Å². The van der Waals surface area contributed by atoms with Crippen molar-refractivity contribution in [3.05, 3.63) is 34.5 Å². The van der Waals surface area contributed by atoms with Gasteiger partial charge in [-0.2, -0.15) is 0 Å². The van der Waals surface area contributed by atoms with Gasteiger partial charge in [-0.05, 0) is 18.4 Å². The number of hydrogen-bond acceptors (Lipinski definition) is 2. The Morgan fingerprint density at radius 3 is 2.92 bits per heavy atom. The molecule has 0 radical (unpaired) electrons. The summed E-state index contributed by atoms with van der Waals surface area (Å²) in [6.45, 7) is 7.75. The van der Waals surface area contributed by atoms with Crippen LogP contribution in [0.1, 0.15) is 25.4 Å². The van der Waals surface area contributed by atoms with Gasteiger partial charge in [0.1, 0.15) is 5.82 Å². The van der Waals surface area contributed by atoms with Gasteiger partial charge in [-0.15, -0.1) is 0 Å². The van der Waals surface area contributed by atoms with E-state index in [-0.39, 0.29) is 5.56 Å². The number of H-pyrrole nitrogens is 1. The maximum Gasteiger partial charge on any atom is 0.251 e. The zero-order chi connectivity index (χ0) is 9.84. The number of rotatable bonds is 3. The fourth-order valence-electron chi connectivity index (χ4n) is 1.15. The van der Waals surface area contributed by atoms with Crippen LogP contribution in [-0.4, -0.2) is 9.97 Å². The first-order valence-corrected chi connectivity index (χ1v) is 4.34. The highest BCUT2D eigenvalue weighted by molar-refractivity contribution is 5.35. The molecule has 0 aliphatic carbocycles. The van der Waals surface area contributed by atoms with Crippen LogP contribution in [0.15, 0.2) is 17.4 Å². The first-order chi connectivity index (χ1) is 6.11. The molecule has 0 amide bonds. The van der Waals surface area contributed by atoms with Crippen molar-refractivity contribution in [1.29, 1.82) is 0 Å². The predicted molar refractivity (Wildman–Crippen MR) is 53.5 cm³/mol. The van der Waals surface area contributed by atoms with E-state index in [1.54, 1.807) is 6.08 Å². The van der Waals surface area contributed by atoms with E-state index in [1.807, 2.05) is 0 Å². The first kappa shape index (κ1) is 9.71. The van der Waals surface area contributed by atoms with E-state index in [4.69, 9.17) is 0 Å². The van der Waals surface area contributed by atoms with Crippen LogP contribution in [0.25, 0.3) is 6.08 Å². The van der Waals surface area contributed by atoms with Gasteiger partial charge in [-0.3, -0.25) is 4.79 Å². The number of aromatic amines is 1. The molecule has 0 atom stereocenters. The Bertz CT molecular complexity index is 352. The summed E-state index contributed by atoms with van der Waals surface area (Å²) in [5.74, 6) is 1.05. The Labute approximate surface area is 77.5 Å². The molecule has 1 rings (SSSR count). The third-order valence-electron chi connectivity index (χ3n) is 1.62. The third kappa shape index (κ3) is 2.86. The number of hydrogen-bond donors (Lipinski definition) is 1. The van der Waals surface area contributed by atoms with Crippen molar-refractivity contribution in [2.45, 2.75) is 20.3 Å². The molecule has 0 saturated heterocycles. The van der Waals surface area contributed by atoms with E-state index >= 15 is 0 Å². The van der Waals surface area contributed by atoms with Crippen molar-refractivity contribution in [1.82, 2.24) is 9.97 Å². The van der Waals surface area contributed by atoms with Crippen LogP contribution in [0, 0.1) is 5.92 Å². The van der Waals surface area contributed by atoms with Crippen molar-refractivity contribution < 1.29 is 0 Å². The van der Waals surface area contributed by atoms with Crippen molar-refractivity contribution in [3.63, 3.8) is 0 Å². The average Bonchev–Trinajstić information content (AvgIpc) is 2.01. The van der Waals surface area contributed by atoms with E-state index in [1.165, 1.54) is 6.07 Å². The quantitative estimate of drug-likeness (QED) is 0.764. The molecule has 0 unspecified atom stereocenters. The summed E-state index contributed by atoms with van der Waals surface area (Å²) in [7, 11) is 0. The van der Waals surface area contributed by atoms with Crippen molar-refractivity contribution in [3.8, 4) is 0 Å². The summed E-state index contributed by atoms with van der Waals surface area (Å²) in [6, 6.07) is 1.53. The Morgan fingerprint density at radius 2 is 2.38 bits per heavy atom. The van der Waals surface area contributed by atoms with Crippen LogP contribution in [0.2, 0.25) is 0 Å². The fourth-order valence-corrected chi connectivity index (χ4v) is 1.15. The van der Waals surface area contributed by atoms with Gasteiger partial charge in [0.05, 0.1) is 0 Å². The molecule has 1 aromatic rings. The lowest BCUT2D eigenvalue weighted by Gasteiger charge is -2.03. The second kappa shape index (κ2) is 4.03. The monoisotopic (exact) mass is 178 g/mol. The lowest BCUT2D eigenvalue weighted by Crippen LogP contribution is -2.11. The Balaban J connectivity index is 3.01. The minimum atomic E-state index is -0.111. The molecule has 0 aliphatic heterocycles. The van der Waals surface area contributed by atoms with Gasteiger partial charge in [0.15, 0.2) is 0 Å². The number of nitrogens with one attached hydrogen (secondary N) is 1. The van der Waals surface area contributed by atoms with Gasteiger partial charge in [0.25, 0.3) is 5.56 Å². The molecule has 0 saturated carbocycles. The van der Waals surface area contributed by atoms with Crippen LogP contribution < -0.4 is 5.56 Å². The highest BCUT2D eigenvalue weighted by Gasteiger charge is 2.01. The average molecular weight is 178 g/mol. The predicted octanol–water partition coefficient (Wildman–Crippen LogP) is 1.61. The molecule has 0 bridgehead atoms. The lowest BCUT2D eigenvalue weighted by atomic mass is 10.1. The topological polar surface area (TPSA) is 45.8 Å². The SMILES string of the molecule is C=Cc1nc(CC(C)C)cc(=O)[nH]1. The van der Waals surface area contributed by atoms with Crippen LogP contribution in [0.5, 0.6) is 0 Å². The second-order valence-corrected chi connectivity index (χ2v) is 3.42. The number of nitrogens with zero attached hydrogens (tertiary/aromatic N) is 1. The summed E-state index contributed by atoms with van der Waals surface area (Å²) >= 11 is 0. The summed E-state index contributed by atoms with van der Waals surface area (Å²) < 4.78 is 0. The van der Waals surface area contributed by atoms with Gasteiger partial charge in [0.2, 0.25) is 0 Å². The molecule has 1 aromatic heterocycles. The summed E-state index contributed by atoms with van der Waals surface area (Å²) in [5.41, 5.74) is 0.717. The Kier molecular flexibility index (Phi) is 3.01. The maximum atomic E-state index is 11.1. The zero-order valence-corrected chi connectivity index (χ0v) is 8.00. The van der Waals surface area contributed by atoms with Gasteiger partial charge in [-0.1, -0.05) is 20.4 Å². The highest BCUT2D eigenvalue weighted by Crippen LogP contribution is 2.03. The molecule has 0 spiro atoms. The molecule has 3 nitrogen and oxygen atoms in total. The van der Waals surface area contributed by atoms with Crippen LogP contribution >= 0.6 is 0 Å². The van der Waals surface area contributed by atoms with Crippen molar-refractivity contribution in [2.75, 3.05) is 0 Å². The molecule has 3 heteroatoms. The van der Waals surface area contributed by atoms with E-state index in [0.717, 1.165) is 12.1 Å². The molecule has 0 aromatic carbocycles. The van der Waals surface area contributed by atoms with Crippen LogP contribution in [0.4, 0.5) is 0 Å². The minimum absolute atomic E-state index is 0.111. The molecule has 0 aliphatic rings. The van der Waals surface area contributed by atoms with Gasteiger partial charge >= 0.3 is 0 Å². The van der Waals surface area contributed by atoms with E-state index in [0.29, 0.717) is 11.7 Å². The minimum Gasteiger partial charge on any atom is -0.307 e. The van der Waals surface area contributed by atoms with Gasteiger partial charge in [-0.25, -0.2) is 4.98 Å². The normalized spacial score (nSPS) is 10.4. The molecule has 1 heterocycles. The molecule has 0 fully saturated rings.